The van der Waals surface area contributed by atoms with E-state index >= 15 is 0 Å². The molecule has 0 N–H and O–H groups in total. The van der Waals surface area contributed by atoms with Crippen LogP contribution in [-0.4, -0.2) is 24.6 Å². The van der Waals surface area contributed by atoms with Gasteiger partial charge < -0.3 is 4.74 Å². The fourth-order valence-corrected chi connectivity index (χ4v) is 4.67. The number of hydrogen-bond donors (Lipinski definition) is 0. The minimum atomic E-state index is -4.31. The van der Waals surface area contributed by atoms with Gasteiger partial charge >= 0.3 is 6.18 Å². The van der Waals surface area contributed by atoms with Crippen molar-refractivity contribution in [1.82, 2.24) is 4.90 Å². The molecule has 1 aliphatic heterocycles. The second kappa shape index (κ2) is 9.19. The fourth-order valence-electron chi connectivity index (χ4n) is 4.55. The maximum Gasteiger partial charge on any atom is 0.416 e. The summed E-state index contributed by atoms with van der Waals surface area (Å²) >= 11 is 6.08. The molecule has 2 aromatic rings. The molecule has 2 aliphatic rings. The summed E-state index contributed by atoms with van der Waals surface area (Å²) in [7, 11) is 0. The van der Waals surface area contributed by atoms with Crippen molar-refractivity contribution < 1.29 is 17.9 Å². The molecule has 0 amide bonds. The predicted molar refractivity (Wildman–Crippen MR) is 113 cm³/mol. The molecule has 6 heteroatoms. The molecule has 2 fully saturated rings. The Hall–Kier alpha value is -1.72. The number of piperidine rings is 1. The van der Waals surface area contributed by atoms with Crippen LogP contribution in [0.4, 0.5) is 13.2 Å². The van der Waals surface area contributed by atoms with Gasteiger partial charge in [0.15, 0.2) is 0 Å². The number of ether oxygens (including phenoxy) is 1. The molecule has 1 saturated heterocycles. The second-order valence-corrected chi connectivity index (χ2v) is 8.94. The maximum absolute atomic E-state index is 12.7. The largest absolute Gasteiger partial charge is 0.493 e. The van der Waals surface area contributed by atoms with E-state index in [1.54, 1.807) is 0 Å². The van der Waals surface area contributed by atoms with E-state index in [9.17, 15) is 13.2 Å². The van der Waals surface area contributed by atoms with Crippen LogP contribution in [0, 0.1) is 11.8 Å². The third-order valence-electron chi connectivity index (χ3n) is 6.52. The van der Waals surface area contributed by atoms with Crippen LogP contribution in [0.25, 0.3) is 0 Å². The number of rotatable bonds is 6. The molecule has 2 nitrogen and oxygen atoms in total. The molecule has 0 bridgehead atoms. The maximum atomic E-state index is 12.7. The van der Waals surface area contributed by atoms with Gasteiger partial charge in [0.05, 0.1) is 12.2 Å². The number of benzene rings is 2. The van der Waals surface area contributed by atoms with E-state index in [1.807, 2.05) is 12.1 Å². The molecular formula is C24H27ClF3NO. The van der Waals surface area contributed by atoms with E-state index in [0.29, 0.717) is 30.2 Å². The second-order valence-electron chi connectivity index (χ2n) is 8.50. The van der Waals surface area contributed by atoms with Crippen molar-refractivity contribution in [2.24, 2.45) is 11.8 Å². The first-order valence-corrected chi connectivity index (χ1v) is 11.1. The van der Waals surface area contributed by atoms with Crippen LogP contribution in [0.1, 0.15) is 49.3 Å². The van der Waals surface area contributed by atoms with Crippen molar-refractivity contribution >= 4 is 11.6 Å². The van der Waals surface area contributed by atoms with Gasteiger partial charge in [0, 0.05) is 11.1 Å². The van der Waals surface area contributed by atoms with Gasteiger partial charge in [-0.3, -0.25) is 4.90 Å². The Bertz CT molecular complexity index is 810. The van der Waals surface area contributed by atoms with Crippen LogP contribution in [0.5, 0.6) is 5.75 Å². The molecule has 1 atom stereocenters. The third-order valence-corrected chi connectivity index (χ3v) is 6.77. The molecule has 0 aromatic heterocycles. The van der Waals surface area contributed by atoms with Crippen molar-refractivity contribution in [3.05, 3.63) is 64.7 Å². The van der Waals surface area contributed by atoms with Gasteiger partial charge in [-0.2, -0.15) is 13.2 Å². The summed E-state index contributed by atoms with van der Waals surface area (Å²) in [6.45, 7) is 2.59. The van der Waals surface area contributed by atoms with Crippen LogP contribution in [-0.2, 0) is 6.18 Å². The number of nitrogens with zero attached hydrogens (tertiary/aromatic N) is 1. The number of alkyl halides is 3. The Morgan fingerprint density at radius 2 is 1.57 bits per heavy atom. The molecule has 1 unspecified atom stereocenters. The van der Waals surface area contributed by atoms with Gasteiger partial charge in [-0.05, 0) is 92.6 Å². The Morgan fingerprint density at radius 1 is 0.933 bits per heavy atom. The van der Waals surface area contributed by atoms with E-state index in [4.69, 9.17) is 16.3 Å². The monoisotopic (exact) mass is 437 g/mol. The van der Waals surface area contributed by atoms with Crippen molar-refractivity contribution in [3.63, 3.8) is 0 Å². The highest BCUT2D eigenvalue weighted by molar-refractivity contribution is 6.30. The quantitative estimate of drug-likeness (QED) is 0.482. The summed E-state index contributed by atoms with van der Waals surface area (Å²) in [4.78, 5) is 2.60. The minimum absolute atomic E-state index is 0.427. The van der Waals surface area contributed by atoms with Crippen LogP contribution < -0.4 is 4.74 Å². The molecule has 30 heavy (non-hydrogen) atoms. The zero-order chi connectivity index (χ0) is 21.1. The van der Waals surface area contributed by atoms with Gasteiger partial charge in [-0.25, -0.2) is 0 Å². The van der Waals surface area contributed by atoms with E-state index < -0.39 is 11.7 Å². The number of halogens is 4. The molecule has 2 aromatic carbocycles. The average Bonchev–Trinajstić information content (AvgIpc) is 2.70. The van der Waals surface area contributed by atoms with Crippen molar-refractivity contribution in [1.29, 1.82) is 0 Å². The Balaban J connectivity index is 1.31. The molecule has 1 aliphatic carbocycles. The normalized spacial score (nSPS) is 20.0. The van der Waals surface area contributed by atoms with Crippen LogP contribution in [0.2, 0.25) is 5.02 Å². The minimum Gasteiger partial charge on any atom is -0.493 e. The van der Waals surface area contributed by atoms with Crippen LogP contribution in [0.3, 0.4) is 0 Å². The SMILES string of the molecule is FC(F)(F)c1ccc(OCC2CCN(C(c3ccc(Cl)cc3)C3CCC3)CC2)cc1. The van der Waals surface area contributed by atoms with E-state index in [0.717, 1.165) is 43.1 Å². The van der Waals surface area contributed by atoms with Gasteiger partial charge in [-0.1, -0.05) is 30.2 Å². The highest BCUT2D eigenvalue weighted by atomic mass is 35.5. The van der Waals surface area contributed by atoms with E-state index in [-0.39, 0.29) is 0 Å². The van der Waals surface area contributed by atoms with Crippen molar-refractivity contribution in [2.45, 2.75) is 44.3 Å². The van der Waals surface area contributed by atoms with Crippen molar-refractivity contribution in [2.75, 3.05) is 19.7 Å². The first-order chi connectivity index (χ1) is 14.4. The summed E-state index contributed by atoms with van der Waals surface area (Å²) in [6, 6.07) is 13.7. The smallest absolute Gasteiger partial charge is 0.416 e. The lowest BCUT2D eigenvalue weighted by Crippen LogP contribution is -2.42. The number of likely N-dealkylation sites (tertiary alicyclic amines) is 1. The van der Waals surface area contributed by atoms with E-state index in [1.165, 1.54) is 37.0 Å². The van der Waals surface area contributed by atoms with Gasteiger partial charge in [-0.15, -0.1) is 0 Å². The first kappa shape index (κ1) is 21.5. The molecule has 0 radical (unpaired) electrons. The third kappa shape index (κ3) is 5.12. The van der Waals surface area contributed by atoms with Gasteiger partial charge in [0.1, 0.15) is 5.75 Å². The number of hydrogen-bond acceptors (Lipinski definition) is 2. The average molecular weight is 438 g/mol. The van der Waals surface area contributed by atoms with Crippen molar-refractivity contribution in [3.8, 4) is 5.75 Å². The lowest BCUT2D eigenvalue weighted by molar-refractivity contribution is -0.137. The highest BCUT2D eigenvalue weighted by Crippen LogP contribution is 2.43. The summed E-state index contributed by atoms with van der Waals surface area (Å²) in [6.07, 6.45) is 1.64. The van der Waals surface area contributed by atoms with E-state index in [2.05, 4.69) is 17.0 Å². The molecule has 1 heterocycles. The molecule has 0 spiro atoms. The standard InChI is InChI=1S/C24H27ClF3NO/c25-21-8-4-19(5-9-21)23(18-2-1-3-18)29-14-12-17(13-15-29)16-30-22-10-6-20(7-11-22)24(26,27)28/h4-11,17-18,23H,1-3,12-16H2. The lowest BCUT2D eigenvalue weighted by Gasteiger charge is -2.44. The summed E-state index contributed by atoms with van der Waals surface area (Å²) in [5.41, 5.74) is 0.705. The predicted octanol–water partition coefficient (Wildman–Crippen LogP) is 6.99. The molecule has 4 rings (SSSR count). The van der Waals surface area contributed by atoms with Crippen LogP contribution >= 0.6 is 11.6 Å². The summed E-state index contributed by atoms with van der Waals surface area (Å²) < 4.78 is 43.8. The Kier molecular flexibility index (Phi) is 6.59. The first-order valence-electron chi connectivity index (χ1n) is 10.7. The fraction of sp³-hybridized carbons (Fsp3) is 0.500. The highest BCUT2D eigenvalue weighted by Gasteiger charge is 2.35. The lowest BCUT2D eigenvalue weighted by atomic mass is 9.75. The molecule has 162 valence electrons. The van der Waals surface area contributed by atoms with Crippen LogP contribution in [0.15, 0.2) is 48.5 Å². The Labute approximate surface area is 181 Å². The van der Waals surface area contributed by atoms with Gasteiger partial charge in [0.25, 0.3) is 0 Å². The zero-order valence-electron chi connectivity index (χ0n) is 16.9. The molecular weight excluding hydrogens is 411 g/mol. The summed E-state index contributed by atoms with van der Waals surface area (Å²) in [5, 5.41) is 0.769. The molecule has 1 saturated carbocycles. The topological polar surface area (TPSA) is 12.5 Å². The Morgan fingerprint density at radius 3 is 2.10 bits per heavy atom. The summed E-state index contributed by atoms with van der Waals surface area (Å²) in [5.74, 6) is 1.64. The van der Waals surface area contributed by atoms with Gasteiger partial charge in [0.2, 0.25) is 0 Å². The zero-order valence-corrected chi connectivity index (χ0v) is 17.6.